The van der Waals surface area contributed by atoms with Crippen LogP contribution in [0.15, 0.2) is 0 Å². The van der Waals surface area contributed by atoms with Crippen molar-refractivity contribution < 1.29 is 9.47 Å². The van der Waals surface area contributed by atoms with Gasteiger partial charge in [-0.2, -0.15) is 0 Å². The van der Waals surface area contributed by atoms with Crippen molar-refractivity contribution in [2.75, 3.05) is 40.0 Å². The monoisotopic (exact) mass is 270 g/mol. The zero-order chi connectivity index (χ0) is 13.7. The third-order valence-electron chi connectivity index (χ3n) is 4.70. The van der Waals surface area contributed by atoms with Gasteiger partial charge in [-0.25, -0.2) is 0 Å². The third kappa shape index (κ3) is 4.42. The smallest absolute Gasteiger partial charge is 0.0594 e. The number of nitrogens with one attached hydrogen (secondary N) is 1. The molecule has 0 aromatic carbocycles. The second-order valence-corrected chi connectivity index (χ2v) is 6.50. The Kier molecular flexibility index (Phi) is 5.63. The number of ether oxygens (including phenoxy) is 2. The standard InChI is InChI=1S/C15H30N2O2/c1-15(2,17-8-10-19-11-9-17)12-16-13-4-6-14(18-3)7-5-13/h13-14,16H,4-12H2,1-3H3. The molecule has 1 N–H and O–H groups in total. The molecule has 1 heterocycles. The Labute approximate surface area is 117 Å². The van der Waals surface area contributed by atoms with E-state index >= 15 is 0 Å². The summed E-state index contributed by atoms with van der Waals surface area (Å²) in [5.41, 5.74) is 0.224. The number of rotatable bonds is 5. The van der Waals surface area contributed by atoms with Crippen LogP contribution in [0.5, 0.6) is 0 Å². The Morgan fingerprint density at radius 2 is 1.79 bits per heavy atom. The molecular weight excluding hydrogens is 240 g/mol. The lowest BCUT2D eigenvalue weighted by Gasteiger charge is -2.42. The molecule has 1 saturated carbocycles. The Bertz CT molecular complexity index is 257. The fourth-order valence-electron chi connectivity index (χ4n) is 3.18. The van der Waals surface area contributed by atoms with Crippen molar-refractivity contribution in [2.45, 2.75) is 57.2 Å². The van der Waals surface area contributed by atoms with E-state index in [2.05, 4.69) is 24.1 Å². The molecule has 1 aliphatic carbocycles. The molecule has 1 saturated heterocycles. The highest BCUT2D eigenvalue weighted by Crippen LogP contribution is 2.22. The van der Waals surface area contributed by atoms with Crippen LogP contribution in [-0.2, 0) is 9.47 Å². The molecule has 19 heavy (non-hydrogen) atoms. The Morgan fingerprint density at radius 3 is 2.37 bits per heavy atom. The van der Waals surface area contributed by atoms with E-state index < -0.39 is 0 Å². The van der Waals surface area contributed by atoms with Crippen molar-refractivity contribution in [1.82, 2.24) is 10.2 Å². The van der Waals surface area contributed by atoms with E-state index in [0.29, 0.717) is 12.1 Å². The Morgan fingerprint density at radius 1 is 1.16 bits per heavy atom. The molecular formula is C15H30N2O2. The van der Waals surface area contributed by atoms with Gasteiger partial charge in [0.25, 0.3) is 0 Å². The van der Waals surface area contributed by atoms with Gasteiger partial charge in [0.05, 0.1) is 19.3 Å². The molecule has 2 aliphatic rings. The molecule has 4 nitrogen and oxygen atoms in total. The first-order valence-corrected chi connectivity index (χ1v) is 7.71. The summed E-state index contributed by atoms with van der Waals surface area (Å²) in [5, 5.41) is 3.77. The number of nitrogens with zero attached hydrogens (tertiary/aromatic N) is 1. The van der Waals surface area contributed by atoms with Crippen LogP contribution >= 0.6 is 0 Å². The summed E-state index contributed by atoms with van der Waals surface area (Å²) < 4.78 is 10.9. The van der Waals surface area contributed by atoms with Crippen LogP contribution in [-0.4, -0.2) is 62.5 Å². The highest BCUT2D eigenvalue weighted by Gasteiger charge is 2.29. The van der Waals surface area contributed by atoms with Gasteiger partial charge in [0.2, 0.25) is 0 Å². The predicted octanol–water partition coefficient (Wildman–Crippen LogP) is 1.64. The third-order valence-corrected chi connectivity index (χ3v) is 4.70. The van der Waals surface area contributed by atoms with Gasteiger partial charge in [-0.3, -0.25) is 4.90 Å². The highest BCUT2D eigenvalue weighted by molar-refractivity contribution is 4.87. The van der Waals surface area contributed by atoms with E-state index in [1.54, 1.807) is 0 Å². The predicted molar refractivity (Wildman–Crippen MR) is 77.5 cm³/mol. The van der Waals surface area contributed by atoms with Crippen LogP contribution in [0, 0.1) is 0 Å². The van der Waals surface area contributed by atoms with Crippen LogP contribution in [0.2, 0.25) is 0 Å². The minimum Gasteiger partial charge on any atom is -0.381 e. The van der Waals surface area contributed by atoms with E-state index in [0.717, 1.165) is 32.8 Å². The van der Waals surface area contributed by atoms with Gasteiger partial charge >= 0.3 is 0 Å². The van der Waals surface area contributed by atoms with E-state index in [1.165, 1.54) is 25.7 Å². The molecule has 4 heteroatoms. The van der Waals surface area contributed by atoms with Crippen molar-refractivity contribution >= 4 is 0 Å². The first-order chi connectivity index (χ1) is 9.12. The minimum absolute atomic E-state index is 0.224. The SMILES string of the molecule is COC1CCC(NCC(C)(C)N2CCOCC2)CC1. The summed E-state index contributed by atoms with van der Waals surface area (Å²) >= 11 is 0. The van der Waals surface area contributed by atoms with Crippen molar-refractivity contribution in [2.24, 2.45) is 0 Å². The van der Waals surface area contributed by atoms with Crippen molar-refractivity contribution in [1.29, 1.82) is 0 Å². The van der Waals surface area contributed by atoms with Gasteiger partial charge in [0.15, 0.2) is 0 Å². The summed E-state index contributed by atoms with van der Waals surface area (Å²) in [6.07, 6.45) is 5.39. The molecule has 1 aliphatic heterocycles. The highest BCUT2D eigenvalue weighted by atomic mass is 16.5. The van der Waals surface area contributed by atoms with E-state index in [9.17, 15) is 0 Å². The summed E-state index contributed by atoms with van der Waals surface area (Å²) in [5.74, 6) is 0. The van der Waals surface area contributed by atoms with Gasteiger partial charge in [-0.05, 0) is 39.5 Å². The Balaban J connectivity index is 1.71. The zero-order valence-electron chi connectivity index (χ0n) is 12.8. The number of hydrogen-bond donors (Lipinski definition) is 1. The quantitative estimate of drug-likeness (QED) is 0.823. The Hall–Kier alpha value is -0.160. The fourth-order valence-corrected chi connectivity index (χ4v) is 3.18. The second-order valence-electron chi connectivity index (χ2n) is 6.50. The minimum atomic E-state index is 0.224. The molecule has 112 valence electrons. The molecule has 0 amide bonds. The summed E-state index contributed by atoms with van der Waals surface area (Å²) in [6, 6.07) is 0.673. The van der Waals surface area contributed by atoms with Crippen molar-refractivity contribution in [3.63, 3.8) is 0 Å². The molecule has 2 rings (SSSR count). The molecule has 0 aromatic heterocycles. The normalized spacial score (nSPS) is 30.5. The van der Waals surface area contributed by atoms with Gasteiger partial charge < -0.3 is 14.8 Å². The molecule has 0 spiro atoms. The topological polar surface area (TPSA) is 33.7 Å². The van der Waals surface area contributed by atoms with Crippen LogP contribution in [0.4, 0.5) is 0 Å². The largest absolute Gasteiger partial charge is 0.381 e. The molecule has 0 radical (unpaired) electrons. The molecule has 0 unspecified atom stereocenters. The molecule has 0 bridgehead atoms. The summed E-state index contributed by atoms with van der Waals surface area (Å²) in [4.78, 5) is 2.55. The lowest BCUT2D eigenvalue weighted by molar-refractivity contribution is -0.0115. The van der Waals surface area contributed by atoms with Crippen LogP contribution in [0.3, 0.4) is 0 Å². The fraction of sp³-hybridized carbons (Fsp3) is 1.00. The van der Waals surface area contributed by atoms with Gasteiger partial charge in [-0.1, -0.05) is 0 Å². The lowest BCUT2D eigenvalue weighted by atomic mass is 9.92. The maximum Gasteiger partial charge on any atom is 0.0594 e. The molecule has 0 atom stereocenters. The van der Waals surface area contributed by atoms with Crippen LogP contribution < -0.4 is 5.32 Å². The summed E-state index contributed by atoms with van der Waals surface area (Å²) in [6.45, 7) is 9.62. The number of methoxy groups -OCH3 is 1. The first-order valence-electron chi connectivity index (χ1n) is 7.71. The number of morpholine rings is 1. The maximum absolute atomic E-state index is 5.44. The van der Waals surface area contributed by atoms with E-state index in [4.69, 9.17) is 9.47 Å². The van der Waals surface area contributed by atoms with Crippen LogP contribution in [0.1, 0.15) is 39.5 Å². The van der Waals surface area contributed by atoms with E-state index in [-0.39, 0.29) is 5.54 Å². The second kappa shape index (κ2) is 7.02. The summed E-state index contributed by atoms with van der Waals surface area (Å²) in [7, 11) is 1.83. The lowest BCUT2D eigenvalue weighted by Crippen LogP contribution is -2.56. The van der Waals surface area contributed by atoms with Crippen molar-refractivity contribution in [3.8, 4) is 0 Å². The van der Waals surface area contributed by atoms with Crippen molar-refractivity contribution in [3.05, 3.63) is 0 Å². The average Bonchev–Trinajstić information content (AvgIpc) is 2.47. The van der Waals surface area contributed by atoms with Gasteiger partial charge in [0.1, 0.15) is 0 Å². The average molecular weight is 270 g/mol. The molecule has 0 aromatic rings. The molecule has 2 fully saturated rings. The number of hydrogen-bond acceptors (Lipinski definition) is 4. The van der Waals surface area contributed by atoms with E-state index in [1.807, 2.05) is 7.11 Å². The first kappa shape index (κ1) is 15.2. The van der Waals surface area contributed by atoms with Gasteiger partial charge in [0, 0.05) is 38.3 Å². The zero-order valence-corrected chi connectivity index (χ0v) is 12.8. The van der Waals surface area contributed by atoms with Crippen LogP contribution in [0.25, 0.3) is 0 Å². The maximum atomic E-state index is 5.44. The van der Waals surface area contributed by atoms with Gasteiger partial charge in [-0.15, -0.1) is 0 Å².